The van der Waals surface area contributed by atoms with Crippen molar-refractivity contribution in [1.82, 2.24) is 5.32 Å². The minimum Gasteiger partial charge on any atom is -0.478 e. The standard InChI is InChI=1S/C13H16ClNO5S/c1-8(12(16)15-5-6-20-2)21(19)9-3-4-11(14)10(7-9)13(17)18/h3-4,7-8H,5-6H2,1-2H3,(H,15,16)(H,17,18). The number of carbonyl (C=O) groups is 2. The zero-order valence-corrected chi connectivity index (χ0v) is 13.2. The lowest BCUT2D eigenvalue weighted by Crippen LogP contribution is -2.37. The van der Waals surface area contributed by atoms with E-state index in [4.69, 9.17) is 21.4 Å². The molecular weight excluding hydrogens is 318 g/mol. The van der Waals surface area contributed by atoms with Gasteiger partial charge in [-0.25, -0.2) is 4.79 Å². The number of carboxylic acid groups (broad SMARTS) is 1. The molecule has 0 saturated carbocycles. The fraction of sp³-hybridized carbons (Fsp3) is 0.385. The van der Waals surface area contributed by atoms with Crippen LogP contribution in [-0.4, -0.2) is 46.7 Å². The maximum Gasteiger partial charge on any atom is 0.337 e. The summed E-state index contributed by atoms with van der Waals surface area (Å²) in [5.41, 5.74) is -0.144. The van der Waals surface area contributed by atoms with Crippen molar-refractivity contribution in [2.45, 2.75) is 17.1 Å². The Balaban J connectivity index is 2.85. The second kappa shape index (κ2) is 8.11. The van der Waals surface area contributed by atoms with Crippen molar-refractivity contribution in [3.8, 4) is 0 Å². The summed E-state index contributed by atoms with van der Waals surface area (Å²) in [5.74, 6) is -1.60. The smallest absolute Gasteiger partial charge is 0.337 e. The predicted molar refractivity (Wildman–Crippen MR) is 79.2 cm³/mol. The number of carboxylic acids is 1. The molecule has 0 fully saturated rings. The minimum atomic E-state index is -1.67. The van der Waals surface area contributed by atoms with E-state index in [2.05, 4.69) is 5.32 Å². The number of nitrogens with one attached hydrogen (secondary N) is 1. The third-order valence-corrected chi connectivity index (χ3v) is 4.60. The first-order valence-electron chi connectivity index (χ1n) is 6.08. The Labute approximate surface area is 129 Å². The number of methoxy groups -OCH3 is 1. The summed E-state index contributed by atoms with van der Waals surface area (Å²) < 4.78 is 17.1. The van der Waals surface area contributed by atoms with E-state index in [0.717, 1.165) is 0 Å². The van der Waals surface area contributed by atoms with Crippen LogP contribution in [0.2, 0.25) is 5.02 Å². The van der Waals surface area contributed by atoms with Crippen molar-refractivity contribution in [2.24, 2.45) is 0 Å². The van der Waals surface area contributed by atoms with Crippen molar-refractivity contribution in [3.05, 3.63) is 28.8 Å². The van der Waals surface area contributed by atoms with E-state index < -0.39 is 27.9 Å². The molecule has 0 aliphatic rings. The lowest BCUT2D eigenvalue weighted by Gasteiger charge is -2.12. The van der Waals surface area contributed by atoms with Crippen LogP contribution in [0.1, 0.15) is 17.3 Å². The molecule has 1 amide bonds. The van der Waals surface area contributed by atoms with Crippen molar-refractivity contribution in [1.29, 1.82) is 0 Å². The molecule has 116 valence electrons. The Kier molecular flexibility index (Phi) is 6.80. The third-order valence-electron chi connectivity index (χ3n) is 2.70. The number of halogens is 1. The number of carbonyl (C=O) groups excluding carboxylic acids is 1. The fourth-order valence-corrected chi connectivity index (χ4v) is 2.84. The van der Waals surface area contributed by atoms with Crippen LogP contribution in [0, 0.1) is 0 Å². The summed E-state index contributed by atoms with van der Waals surface area (Å²) in [6, 6.07) is 4.03. The Bertz CT molecular complexity index is 563. The molecule has 2 unspecified atom stereocenters. The van der Waals surface area contributed by atoms with E-state index in [9.17, 15) is 13.8 Å². The van der Waals surface area contributed by atoms with Gasteiger partial charge in [-0.3, -0.25) is 9.00 Å². The van der Waals surface area contributed by atoms with Crippen LogP contribution in [0.5, 0.6) is 0 Å². The predicted octanol–water partition coefficient (Wildman–Crippen LogP) is 1.30. The number of rotatable bonds is 7. The highest BCUT2D eigenvalue weighted by atomic mass is 35.5. The van der Waals surface area contributed by atoms with Crippen LogP contribution in [0.15, 0.2) is 23.1 Å². The van der Waals surface area contributed by atoms with Gasteiger partial charge < -0.3 is 15.2 Å². The molecular formula is C13H16ClNO5S. The van der Waals surface area contributed by atoms with Gasteiger partial charge in [-0.05, 0) is 25.1 Å². The topological polar surface area (TPSA) is 92.7 Å². The number of benzene rings is 1. The van der Waals surface area contributed by atoms with Crippen molar-refractivity contribution >= 4 is 34.3 Å². The largest absolute Gasteiger partial charge is 0.478 e. The first kappa shape index (κ1) is 17.6. The van der Waals surface area contributed by atoms with Gasteiger partial charge in [0.1, 0.15) is 5.25 Å². The summed E-state index contributed by atoms with van der Waals surface area (Å²) in [6.45, 7) is 2.18. The monoisotopic (exact) mass is 333 g/mol. The summed E-state index contributed by atoms with van der Waals surface area (Å²) >= 11 is 5.75. The number of aromatic carboxylic acids is 1. The average Bonchev–Trinajstić information content (AvgIpc) is 2.46. The van der Waals surface area contributed by atoms with Crippen LogP contribution in [-0.2, 0) is 20.3 Å². The highest BCUT2D eigenvalue weighted by molar-refractivity contribution is 7.86. The Hall–Kier alpha value is -1.44. The molecule has 0 aliphatic heterocycles. The van der Waals surface area contributed by atoms with Gasteiger partial charge in [-0.15, -0.1) is 0 Å². The van der Waals surface area contributed by atoms with Crippen LogP contribution in [0.4, 0.5) is 0 Å². The third kappa shape index (κ3) is 4.80. The molecule has 1 aromatic rings. The van der Waals surface area contributed by atoms with Crippen molar-refractivity contribution in [2.75, 3.05) is 20.3 Å². The molecule has 8 heteroatoms. The zero-order valence-electron chi connectivity index (χ0n) is 11.6. The SMILES string of the molecule is COCCNC(=O)C(C)S(=O)c1ccc(Cl)c(C(=O)O)c1. The fourth-order valence-electron chi connectivity index (χ4n) is 1.51. The lowest BCUT2D eigenvalue weighted by atomic mass is 10.2. The first-order valence-corrected chi connectivity index (χ1v) is 7.67. The van der Waals surface area contributed by atoms with Crippen LogP contribution in [0.3, 0.4) is 0 Å². The van der Waals surface area contributed by atoms with Crippen LogP contribution >= 0.6 is 11.6 Å². The van der Waals surface area contributed by atoms with Gasteiger partial charge >= 0.3 is 5.97 Å². The zero-order chi connectivity index (χ0) is 16.0. The molecule has 1 rings (SSSR count). The van der Waals surface area contributed by atoms with Crippen LogP contribution in [0.25, 0.3) is 0 Å². The number of ether oxygens (including phenoxy) is 1. The van der Waals surface area contributed by atoms with Crippen LogP contribution < -0.4 is 5.32 Å². The number of hydrogen-bond acceptors (Lipinski definition) is 4. The summed E-state index contributed by atoms with van der Waals surface area (Å²) in [5, 5.41) is 10.8. The van der Waals surface area contributed by atoms with Crippen molar-refractivity contribution < 1.29 is 23.6 Å². The molecule has 6 nitrogen and oxygen atoms in total. The Morgan fingerprint density at radius 2 is 2.14 bits per heavy atom. The minimum absolute atomic E-state index is 0.0560. The van der Waals surface area contributed by atoms with Gasteiger partial charge in [-0.2, -0.15) is 0 Å². The van der Waals surface area contributed by atoms with Gasteiger partial charge in [0.15, 0.2) is 0 Å². The average molecular weight is 334 g/mol. The summed E-state index contributed by atoms with van der Waals surface area (Å²) in [7, 11) is -0.165. The molecule has 0 heterocycles. The quantitative estimate of drug-likeness (QED) is 0.734. The summed E-state index contributed by atoms with van der Waals surface area (Å²) in [6.07, 6.45) is 0. The molecule has 0 bridgehead atoms. The Morgan fingerprint density at radius 3 is 2.71 bits per heavy atom. The maximum absolute atomic E-state index is 12.3. The number of amides is 1. The van der Waals surface area contributed by atoms with E-state index in [1.807, 2.05) is 0 Å². The second-order valence-electron chi connectivity index (χ2n) is 4.17. The second-order valence-corrected chi connectivity index (χ2v) is 6.35. The van der Waals surface area contributed by atoms with E-state index in [1.165, 1.54) is 32.2 Å². The molecule has 0 saturated heterocycles. The molecule has 1 aromatic carbocycles. The van der Waals surface area contributed by atoms with Crippen molar-refractivity contribution in [3.63, 3.8) is 0 Å². The molecule has 2 atom stereocenters. The van der Waals surface area contributed by atoms with E-state index in [0.29, 0.717) is 13.2 Å². The molecule has 0 aromatic heterocycles. The molecule has 2 N–H and O–H groups in total. The maximum atomic E-state index is 12.3. The highest BCUT2D eigenvalue weighted by Crippen LogP contribution is 2.21. The van der Waals surface area contributed by atoms with Gasteiger partial charge in [0.05, 0.1) is 28.0 Å². The van der Waals surface area contributed by atoms with Gasteiger partial charge in [0.2, 0.25) is 5.91 Å². The molecule has 21 heavy (non-hydrogen) atoms. The van der Waals surface area contributed by atoms with E-state index in [1.54, 1.807) is 0 Å². The Morgan fingerprint density at radius 1 is 1.48 bits per heavy atom. The lowest BCUT2D eigenvalue weighted by molar-refractivity contribution is -0.120. The molecule has 0 spiro atoms. The van der Waals surface area contributed by atoms with Gasteiger partial charge in [0.25, 0.3) is 0 Å². The highest BCUT2D eigenvalue weighted by Gasteiger charge is 2.22. The molecule has 0 aliphatic carbocycles. The number of hydrogen-bond donors (Lipinski definition) is 2. The van der Waals surface area contributed by atoms with Gasteiger partial charge in [0, 0.05) is 18.6 Å². The van der Waals surface area contributed by atoms with Gasteiger partial charge in [-0.1, -0.05) is 11.6 Å². The summed E-state index contributed by atoms with van der Waals surface area (Å²) in [4.78, 5) is 23.1. The molecule has 0 radical (unpaired) electrons. The first-order chi connectivity index (χ1) is 9.88. The van der Waals surface area contributed by atoms with E-state index in [-0.39, 0.29) is 15.5 Å². The van der Waals surface area contributed by atoms with E-state index >= 15 is 0 Å². The normalized spacial score (nSPS) is 13.5.